The van der Waals surface area contributed by atoms with Crippen LogP contribution in [0.15, 0.2) is 71.8 Å². The van der Waals surface area contributed by atoms with Crippen LogP contribution in [0.3, 0.4) is 0 Å². The molecule has 0 aliphatic rings. The second kappa shape index (κ2) is 10.8. The molecule has 31 heavy (non-hydrogen) atoms. The van der Waals surface area contributed by atoms with E-state index in [2.05, 4.69) is 10.5 Å². The number of halogens is 3. The molecule has 0 unspecified atom stereocenters. The number of hydrogen-bond acceptors (Lipinski definition) is 5. The molecule has 0 spiro atoms. The second-order valence-corrected chi connectivity index (χ2v) is 7.35. The SMILES string of the molecule is O=C(COc1ccccc1Cl)N/N=C\c1cccc(OC(=O)c2ccc(Cl)cc2Cl)c1. The fraction of sp³-hybridized carbons (Fsp3) is 0.0455. The number of amides is 1. The third kappa shape index (κ3) is 6.72. The number of benzene rings is 3. The van der Waals surface area contributed by atoms with Crippen LogP contribution in [0.5, 0.6) is 11.5 Å². The van der Waals surface area contributed by atoms with E-state index in [0.29, 0.717) is 21.4 Å². The quantitative estimate of drug-likeness (QED) is 0.214. The lowest BCUT2D eigenvalue weighted by Gasteiger charge is -2.07. The van der Waals surface area contributed by atoms with E-state index >= 15 is 0 Å². The Hall–Kier alpha value is -3.06. The molecule has 0 saturated heterocycles. The molecule has 0 fully saturated rings. The summed E-state index contributed by atoms with van der Waals surface area (Å²) in [6, 6.07) is 17.9. The Bertz CT molecular complexity index is 1140. The van der Waals surface area contributed by atoms with Gasteiger partial charge in [-0.2, -0.15) is 5.10 Å². The molecule has 1 amide bonds. The van der Waals surface area contributed by atoms with Crippen molar-refractivity contribution in [2.45, 2.75) is 0 Å². The third-order valence-electron chi connectivity index (χ3n) is 3.82. The van der Waals surface area contributed by atoms with E-state index in [9.17, 15) is 9.59 Å². The lowest BCUT2D eigenvalue weighted by molar-refractivity contribution is -0.123. The average Bonchev–Trinajstić information content (AvgIpc) is 2.73. The Balaban J connectivity index is 1.55. The largest absolute Gasteiger partial charge is 0.482 e. The number of esters is 1. The van der Waals surface area contributed by atoms with Crippen molar-refractivity contribution in [1.82, 2.24) is 5.43 Å². The van der Waals surface area contributed by atoms with Gasteiger partial charge < -0.3 is 9.47 Å². The van der Waals surface area contributed by atoms with E-state index < -0.39 is 11.9 Å². The van der Waals surface area contributed by atoms with Crippen LogP contribution in [-0.2, 0) is 4.79 Å². The van der Waals surface area contributed by atoms with Crippen LogP contribution in [0, 0.1) is 0 Å². The molecular weight excluding hydrogens is 463 g/mol. The molecule has 3 aromatic carbocycles. The monoisotopic (exact) mass is 476 g/mol. The zero-order valence-electron chi connectivity index (χ0n) is 15.8. The zero-order chi connectivity index (χ0) is 22.2. The number of ether oxygens (including phenoxy) is 2. The average molecular weight is 478 g/mol. The standard InChI is InChI=1S/C22H15Cl3N2O4/c23-15-8-9-17(19(25)11-15)22(29)31-16-5-3-4-14(10-16)12-26-27-21(28)13-30-20-7-2-1-6-18(20)24/h1-12H,13H2,(H,27,28)/b26-12-. The van der Waals surface area contributed by atoms with Gasteiger partial charge in [0.25, 0.3) is 5.91 Å². The van der Waals surface area contributed by atoms with Crippen molar-refractivity contribution in [2.75, 3.05) is 6.61 Å². The van der Waals surface area contributed by atoms with E-state index in [-0.39, 0.29) is 22.9 Å². The van der Waals surface area contributed by atoms with Crippen LogP contribution in [-0.4, -0.2) is 24.7 Å². The van der Waals surface area contributed by atoms with Gasteiger partial charge in [0, 0.05) is 5.02 Å². The highest BCUT2D eigenvalue weighted by atomic mass is 35.5. The van der Waals surface area contributed by atoms with Crippen molar-refractivity contribution >= 4 is 52.9 Å². The van der Waals surface area contributed by atoms with E-state index in [4.69, 9.17) is 44.3 Å². The molecule has 9 heteroatoms. The lowest BCUT2D eigenvalue weighted by atomic mass is 10.2. The van der Waals surface area contributed by atoms with Crippen molar-refractivity contribution in [1.29, 1.82) is 0 Å². The van der Waals surface area contributed by atoms with Gasteiger partial charge in [0.1, 0.15) is 11.5 Å². The molecule has 3 aromatic rings. The van der Waals surface area contributed by atoms with Gasteiger partial charge in [-0.3, -0.25) is 4.79 Å². The highest BCUT2D eigenvalue weighted by Gasteiger charge is 2.13. The van der Waals surface area contributed by atoms with Crippen LogP contribution >= 0.6 is 34.8 Å². The Morgan fingerprint density at radius 2 is 1.74 bits per heavy atom. The number of nitrogens with one attached hydrogen (secondary N) is 1. The molecule has 0 atom stereocenters. The van der Waals surface area contributed by atoms with Gasteiger partial charge in [0.05, 0.1) is 21.8 Å². The van der Waals surface area contributed by atoms with Crippen molar-refractivity contribution in [3.63, 3.8) is 0 Å². The Kier molecular flexibility index (Phi) is 7.89. The first-order chi connectivity index (χ1) is 14.9. The normalized spacial score (nSPS) is 10.7. The van der Waals surface area contributed by atoms with Gasteiger partial charge in [-0.15, -0.1) is 0 Å². The molecule has 0 heterocycles. The Labute approximate surface area is 193 Å². The summed E-state index contributed by atoms with van der Waals surface area (Å²) < 4.78 is 10.7. The van der Waals surface area contributed by atoms with Crippen molar-refractivity contribution in [3.8, 4) is 11.5 Å². The summed E-state index contributed by atoms with van der Waals surface area (Å²) in [5, 5.41) is 4.88. The fourth-order valence-corrected chi connectivity index (χ4v) is 3.07. The first kappa shape index (κ1) is 22.6. The maximum Gasteiger partial charge on any atom is 0.345 e. The number of para-hydroxylation sites is 1. The van der Waals surface area contributed by atoms with Gasteiger partial charge in [0.15, 0.2) is 6.61 Å². The maximum atomic E-state index is 12.3. The molecule has 0 radical (unpaired) electrons. The smallest absolute Gasteiger partial charge is 0.345 e. The van der Waals surface area contributed by atoms with Crippen LogP contribution in [0.1, 0.15) is 15.9 Å². The number of carbonyl (C=O) groups excluding carboxylic acids is 2. The number of hydrogen-bond donors (Lipinski definition) is 1. The van der Waals surface area contributed by atoms with Crippen molar-refractivity contribution in [3.05, 3.63) is 92.9 Å². The molecule has 0 aromatic heterocycles. The highest BCUT2D eigenvalue weighted by molar-refractivity contribution is 6.36. The molecule has 0 aliphatic carbocycles. The molecular formula is C22H15Cl3N2O4. The van der Waals surface area contributed by atoms with E-state index in [1.807, 2.05) is 0 Å². The Morgan fingerprint density at radius 1 is 0.935 bits per heavy atom. The summed E-state index contributed by atoms with van der Waals surface area (Å²) in [6.07, 6.45) is 1.40. The first-order valence-electron chi connectivity index (χ1n) is 8.89. The number of rotatable bonds is 7. The van der Waals surface area contributed by atoms with E-state index in [1.165, 1.54) is 18.3 Å². The van der Waals surface area contributed by atoms with Gasteiger partial charge >= 0.3 is 5.97 Å². The highest BCUT2D eigenvalue weighted by Crippen LogP contribution is 2.24. The predicted octanol–water partition coefficient (Wildman–Crippen LogP) is 5.40. The first-order valence-corrected chi connectivity index (χ1v) is 10.0. The van der Waals surface area contributed by atoms with Crippen LogP contribution < -0.4 is 14.9 Å². The minimum Gasteiger partial charge on any atom is -0.482 e. The summed E-state index contributed by atoms with van der Waals surface area (Å²) >= 11 is 17.8. The van der Waals surface area contributed by atoms with E-state index in [0.717, 1.165) is 0 Å². The van der Waals surface area contributed by atoms with Gasteiger partial charge in [-0.1, -0.05) is 59.1 Å². The number of carbonyl (C=O) groups is 2. The zero-order valence-corrected chi connectivity index (χ0v) is 18.1. The molecule has 3 rings (SSSR count). The van der Waals surface area contributed by atoms with Crippen LogP contribution in [0.4, 0.5) is 0 Å². The van der Waals surface area contributed by atoms with Crippen LogP contribution in [0.25, 0.3) is 0 Å². The minimum absolute atomic E-state index is 0.191. The molecule has 1 N–H and O–H groups in total. The Morgan fingerprint density at radius 3 is 2.52 bits per heavy atom. The number of nitrogens with zero attached hydrogens (tertiary/aromatic N) is 1. The number of hydrazone groups is 1. The topological polar surface area (TPSA) is 77.0 Å². The molecule has 0 bridgehead atoms. The van der Waals surface area contributed by atoms with Crippen molar-refractivity contribution in [2.24, 2.45) is 5.10 Å². The summed E-state index contributed by atoms with van der Waals surface area (Å²) in [7, 11) is 0. The van der Waals surface area contributed by atoms with Gasteiger partial charge in [-0.25, -0.2) is 10.2 Å². The summed E-state index contributed by atoms with van der Waals surface area (Å²) in [5.41, 5.74) is 3.13. The van der Waals surface area contributed by atoms with Crippen LogP contribution in [0.2, 0.25) is 15.1 Å². The molecule has 0 aliphatic heterocycles. The van der Waals surface area contributed by atoms with E-state index in [1.54, 1.807) is 54.6 Å². The summed E-state index contributed by atoms with van der Waals surface area (Å²) in [4.78, 5) is 24.2. The molecule has 6 nitrogen and oxygen atoms in total. The van der Waals surface area contributed by atoms with Crippen molar-refractivity contribution < 1.29 is 19.1 Å². The molecule has 0 saturated carbocycles. The lowest BCUT2D eigenvalue weighted by Crippen LogP contribution is -2.24. The van der Waals surface area contributed by atoms with Gasteiger partial charge in [-0.05, 0) is 48.0 Å². The summed E-state index contributed by atoms with van der Waals surface area (Å²) in [6.45, 7) is -0.249. The second-order valence-electron chi connectivity index (χ2n) is 6.10. The minimum atomic E-state index is -0.624. The molecule has 158 valence electrons. The predicted molar refractivity (Wildman–Crippen MR) is 121 cm³/mol. The fourth-order valence-electron chi connectivity index (χ4n) is 2.39. The third-order valence-corrected chi connectivity index (χ3v) is 4.68. The maximum absolute atomic E-state index is 12.3. The van der Waals surface area contributed by atoms with Gasteiger partial charge in [0.2, 0.25) is 0 Å². The summed E-state index contributed by atoms with van der Waals surface area (Å²) in [5.74, 6) is -0.399.